The fourth-order valence-corrected chi connectivity index (χ4v) is 3.97. The zero-order valence-corrected chi connectivity index (χ0v) is 18.2. The number of aromatic nitrogens is 2. The monoisotopic (exact) mass is 491 g/mol. The summed E-state index contributed by atoms with van der Waals surface area (Å²) in [5.41, 5.74) is -1.43. The summed E-state index contributed by atoms with van der Waals surface area (Å²) >= 11 is 12.1. The van der Waals surface area contributed by atoms with Crippen LogP contribution in [0.3, 0.4) is 0 Å². The molecule has 0 bridgehead atoms. The van der Waals surface area contributed by atoms with Gasteiger partial charge in [0.05, 0.1) is 33.1 Å². The Bertz CT molecular complexity index is 981. The van der Waals surface area contributed by atoms with Gasteiger partial charge in [-0.1, -0.05) is 30.1 Å². The fourth-order valence-electron chi connectivity index (χ4n) is 2.43. The second kappa shape index (κ2) is 9.63. The van der Waals surface area contributed by atoms with Gasteiger partial charge in [0.15, 0.2) is 10.9 Å². The first-order valence-corrected chi connectivity index (χ1v) is 10.2. The number of rotatable bonds is 6. The standard InChI is InChI=1S/C17H16Cl2F5N3O2S/c1-4-13(28)25-16-15(30(24)8(2)20)12(7-29-3)26-27(16)14-10(18)5-9(6-11(14)19)17(21,22)23/h5-6H,4,7H2,1-3H3,(H,25,28). The van der Waals surface area contributed by atoms with Gasteiger partial charge in [-0.2, -0.15) is 22.2 Å². The van der Waals surface area contributed by atoms with Crippen LogP contribution in [0.15, 0.2) is 17.0 Å². The Labute approximate surface area is 181 Å². The lowest BCUT2D eigenvalue weighted by atomic mass is 10.2. The van der Waals surface area contributed by atoms with Crippen LogP contribution in [0.5, 0.6) is 0 Å². The third kappa shape index (κ3) is 5.13. The van der Waals surface area contributed by atoms with Crippen molar-refractivity contribution in [2.75, 3.05) is 12.4 Å². The second-order valence-electron chi connectivity index (χ2n) is 5.88. The molecule has 1 amide bonds. The van der Waals surface area contributed by atoms with Crippen molar-refractivity contribution in [2.45, 2.75) is 37.9 Å². The molecule has 166 valence electrons. The number of halogens is 7. The molecular formula is C17H16Cl2F5N3O2S. The maximum absolute atomic E-state index is 14.7. The predicted molar refractivity (Wildman–Crippen MR) is 107 cm³/mol. The van der Waals surface area contributed by atoms with E-state index in [1.165, 1.54) is 14.0 Å². The highest BCUT2D eigenvalue weighted by molar-refractivity contribution is 8.11. The SMILES string of the molecule is CCC(=O)Nc1c(S(F)=C(C)F)c(COC)nn1-c1c(Cl)cc(C(F)(F)F)cc1Cl. The van der Waals surface area contributed by atoms with Crippen LogP contribution in [-0.2, 0) is 22.3 Å². The van der Waals surface area contributed by atoms with Gasteiger partial charge in [0.25, 0.3) is 0 Å². The van der Waals surface area contributed by atoms with Crippen molar-refractivity contribution in [3.05, 3.63) is 33.4 Å². The summed E-state index contributed by atoms with van der Waals surface area (Å²) < 4.78 is 73.4. The van der Waals surface area contributed by atoms with Crippen molar-refractivity contribution in [3.63, 3.8) is 0 Å². The van der Waals surface area contributed by atoms with Crippen molar-refractivity contribution in [3.8, 4) is 5.69 Å². The minimum atomic E-state index is -4.72. The van der Waals surface area contributed by atoms with Gasteiger partial charge in [-0.05, 0) is 19.1 Å². The Morgan fingerprint density at radius 3 is 2.30 bits per heavy atom. The number of carbonyl (C=O) groups excluding carboxylic acids is 1. The minimum Gasteiger partial charge on any atom is -0.378 e. The Balaban J connectivity index is 2.87. The number of alkyl halides is 3. The predicted octanol–water partition coefficient (Wildman–Crippen LogP) is 6.32. The maximum Gasteiger partial charge on any atom is 0.416 e. The van der Waals surface area contributed by atoms with E-state index in [-0.39, 0.29) is 35.1 Å². The Kier molecular flexibility index (Phi) is 7.89. The number of ether oxygens (including phenoxy) is 1. The van der Waals surface area contributed by atoms with E-state index in [4.69, 9.17) is 27.9 Å². The van der Waals surface area contributed by atoms with E-state index in [9.17, 15) is 26.2 Å². The molecule has 2 rings (SSSR count). The van der Waals surface area contributed by atoms with Crippen molar-refractivity contribution < 1.29 is 31.0 Å². The quantitative estimate of drug-likeness (QED) is 0.292. The molecule has 1 aromatic carbocycles. The minimum absolute atomic E-state index is 0.0168. The normalized spacial score (nSPS) is 13.3. The second-order valence-corrected chi connectivity index (χ2v) is 8.18. The van der Waals surface area contributed by atoms with E-state index < -0.39 is 43.7 Å². The third-order valence-corrected chi connectivity index (χ3v) is 5.61. The highest BCUT2D eigenvalue weighted by Gasteiger charge is 2.33. The van der Waals surface area contributed by atoms with Crippen molar-refractivity contribution in [1.29, 1.82) is 0 Å². The van der Waals surface area contributed by atoms with Crippen LogP contribution < -0.4 is 5.32 Å². The zero-order chi connectivity index (χ0) is 22.8. The molecule has 0 fully saturated rings. The molecule has 0 saturated carbocycles. The lowest BCUT2D eigenvalue weighted by molar-refractivity contribution is -0.137. The molecule has 0 spiro atoms. The molecule has 0 radical (unpaired) electrons. The van der Waals surface area contributed by atoms with Crippen molar-refractivity contribution in [1.82, 2.24) is 9.78 Å². The van der Waals surface area contributed by atoms with E-state index in [0.717, 1.165) is 11.6 Å². The highest BCUT2D eigenvalue weighted by atomic mass is 35.5. The van der Waals surface area contributed by atoms with E-state index in [1.54, 1.807) is 0 Å². The van der Waals surface area contributed by atoms with Gasteiger partial charge in [0.1, 0.15) is 16.3 Å². The van der Waals surface area contributed by atoms with Crippen molar-refractivity contribution in [2.24, 2.45) is 0 Å². The molecule has 0 aliphatic heterocycles. The van der Waals surface area contributed by atoms with Crippen LogP contribution in [0.25, 0.3) is 5.69 Å². The number of carbonyl (C=O) groups is 1. The fraction of sp³-hybridized carbons (Fsp3) is 0.353. The lowest BCUT2D eigenvalue weighted by Gasteiger charge is -2.15. The summed E-state index contributed by atoms with van der Waals surface area (Å²) in [6, 6.07) is 1.24. The summed E-state index contributed by atoms with van der Waals surface area (Å²) in [5, 5.41) is 4.47. The molecule has 1 unspecified atom stereocenters. The topological polar surface area (TPSA) is 56.1 Å². The first kappa shape index (κ1) is 24.6. The summed E-state index contributed by atoms with van der Waals surface area (Å²) in [6.07, 6.45) is -4.73. The highest BCUT2D eigenvalue weighted by Crippen LogP contribution is 2.44. The van der Waals surface area contributed by atoms with Crippen LogP contribution in [0.1, 0.15) is 31.5 Å². The summed E-state index contributed by atoms with van der Waals surface area (Å²) in [4.78, 5) is 11.7. The lowest BCUT2D eigenvalue weighted by Crippen LogP contribution is -2.15. The van der Waals surface area contributed by atoms with Gasteiger partial charge in [0, 0.05) is 13.5 Å². The molecule has 2 aromatic rings. The van der Waals surface area contributed by atoms with E-state index in [2.05, 4.69) is 10.4 Å². The van der Waals surface area contributed by atoms with Gasteiger partial charge in [-0.25, -0.2) is 9.07 Å². The largest absolute Gasteiger partial charge is 0.416 e. The number of hydrogen-bond acceptors (Lipinski definition) is 3. The molecule has 0 aliphatic rings. The zero-order valence-electron chi connectivity index (χ0n) is 15.8. The molecule has 13 heteroatoms. The number of amides is 1. The molecule has 0 saturated heterocycles. The summed E-state index contributed by atoms with van der Waals surface area (Å²) in [7, 11) is -1.32. The Morgan fingerprint density at radius 2 is 1.87 bits per heavy atom. The van der Waals surface area contributed by atoms with Crippen LogP contribution in [-0.4, -0.2) is 27.9 Å². The average Bonchev–Trinajstić information content (AvgIpc) is 2.97. The van der Waals surface area contributed by atoms with Crippen molar-refractivity contribution >= 4 is 50.9 Å². The van der Waals surface area contributed by atoms with Gasteiger partial charge in [0.2, 0.25) is 5.91 Å². The van der Waals surface area contributed by atoms with Crippen LogP contribution in [0.4, 0.5) is 27.3 Å². The third-order valence-electron chi connectivity index (χ3n) is 3.75. The average molecular weight is 492 g/mol. The van der Waals surface area contributed by atoms with Crippen LogP contribution in [0.2, 0.25) is 10.0 Å². The van der Waals surface area contributed by atoms with Gasteiger partial charge in [-0.3, -0.25) is 4.79 Å². The number of hydrogen-bond donors (Lipinski definition) is 1. The number of anilines is 1. The molecule has 5 nitrogen and oxygen atoms in total. The van der Waals surface area contributed by atoms with E-state index in [1.807, 2.05) is 0 Å². The van der Waals surface area contributed by atoms with Gasteiger partial charge >= 0.3 is 6.18 Å². The molecule has 30 heavy (non-hydrogen) atoms. The summed E-state index contributed by atoms with van der Waals surface area (Å²) in [6.45, 7) is 2.15. The Morgan fingerprint density at radius 1 is 1.30 bits per heavy atom. The van der Waals surface area contributed by atoms with E-state index >= 15 is 0 Å². The molecule has 0 aliphatic carbocycles. The number of nitrogens with zero attached hydrogens (tertiary/aromatic N) is 2. The van der Waals surface area contributed by atoms with Gasteiger partial charge in [-0.15, -0.1) is 0 Å². The maximum atomic E-state index is 14.7. The van der Waals surface area contributed by atoms with Crippen LogP contribution >= 0.6 is 34.1 Å². The molecule has 1 aromatic heterocycles. The molecule has 1 atom stereocenters. The number of benzene rings is 1. The number of nitrogens with one attached hydrogen (secondary N) is 1. The smallest absolute Gasteiger partial charge is 0.378 e. The number of methoxy groups -OCH3 is 1. The van der Waals surface area contributed by atoms with Crippen LogP contribution in [0, 0.1) is 0 Å². The molecule has 1 heterocycles. The molecule has 1 N–H and O–H groups in total. The Hall–Kier alpha value is -1.69. The molecular weight excluding hydrogens is 476 g/mol. The first-order chi connectivity index (χ1) is 13.9. The first-order valence-electron chi connectivity index (χ1n) is 8.29. The van der Waals surface area contributed by atoms with Gasteiger partial charge < -0.3 is 10.1 Å². The summed E-state index contributed by atoms with van der Waals surface area (Å²) in [5.74, 6) is -0.880. The van der Waals surface area contributed by atoms with E-state index in [0.29, 0.717) is 12.1 Å².